The van der Waals surface area contributed by atoms with E-state index in [4.69, 9.17) is 30.0 Å². The number of nitrogens with zero attached hydrogens (tertiary/aromatic N) is 7. The second-order valence-electron chi connectivity index (χ2n) is 15.9. The minimum absolute atomic E-state index is 0.586. The van der Waals surface area contributed by atoms with Gasteiger partial charge in [0.1, 0.15) is 33.1 Å². The summed E-state index contributed by atoms with van der Waals surface area (Å²) in [5.41, 5.74) is 5.12. The number of fused-ring (bicyclic) bond motifs is 5. The Bertz CT molecular complexity index is 2990. The molecule has 0 saturated heterocycles. The Kier molecular flexibility index (Phi) is 6.78. The summed E-state index contributed by atoms with van der Waals surface area (Å²) in [6.07, 6.45) is 0. The van der Waals surface area contributed by atoms with Crippen LogP contribution in [0.2, 0.25) is 0 Å². The van der Waals surface area contributed by atoms with Gasteiger partial charge in [0.05, 0.1) is 33.1 Å². The molecule has 10 rings (SSSR count). The molecule has 0 fully saturated rings. The van der Waals surface area contributed by atoms with Crippen LogP contribution in [0.1, 0.15) is 41.5 Å². The van der Waals surface area contributed by atoms with E-state index < -0.39 is 17.0 Å². The van der Waals surface area contributed by atoms with Gasteiger partial charge in [-0.15, -0.1) is 0 Å². The molecule has 3 aliphatic heterocycles. The standard InChI is InChI=1S/C47H39N7/c1-45(2)48-36-16-11-17-37(42(36)51-45)54(38-24-22-34(40-43(38)52-46(3,4)49-40)32-20-18-28-12-7-9-14-30(28)26-32)39-25-23-35(41-44(39)53-47(5,6)50-41)33-21-19-29-13-8-10-15-31(29)27-33/h7-27H,1-6H3. The van der Waals surface area contributed by atoms with Crippen LogP contribution < -0.4 is 37.0 Å². The third-order valence-corrected chi connectivity index (χ3v) is 10.4. The second kappa shape index (κ2) is 11.3. The van der Waals surface area contributed by atoms with E-state index in [-0.39, 0.29) is 0 Å². The van der Waals surface area contributed by atoms with Gasteiger partial charge in [-0.2, -0.15) is 0 Å². The van der Waals surface area contributed by atoms with Crippen LogP contribution in [0.25, 0.3) is 43.8 Å². The first-order valence-corrected chi connectivity index (χ1v) is 18.6. The molecule has 7 nitrogen and oxygen atoms in total. The average Bonchev–Trinajstić information content (AvgIpc) is 3.78. The summed E-state index contributed by atoms with van der Waals surface area (Å²) in [5.74, 6) is 0. The van der Waals surface area contributed by atoms with Crippen LogP contribution in [-0.4, -0.2) is 17.0 Å². The lowest BCUT2D eigenvalue weighted by molar-refractivity contribution is 0.549. The first-order chi connectivity index (χ1) is 25.9. The number of rotatable bonds is 5. The molecule has 3 aliphatic rings. The van der Waals surface area contributed by atoms with Crippen molar-refractivity contribution in [3.63, 3.8) is 0 Å². The highest BCUT2D eigenvalue weighted by molar-refractivity contribution is 5.89. The Hall–Kier alpha value is -6.34. The molecule has 0 bridgehead atoms. The predicted molar refractivity (Wildman–Crippen MR) is 216 cm³/mol. The molecule has 0 N–H and O–H groups in total. The topological polar surface area (TPSA) is 77.4 Å². The quantitative estimate of drug-likeness (QED) is 0.181. The van der Waals surface area contributed by atoms with E-state index in [0.29, 0.717) is 0 Å². The predicted octanol–water partition coefficient (Wildman–Crippen LogP) is 7.76. The zero-order chi connectivity index (χ0) is 37.0. The summed E-state index contributed by atoms with van der Waals surface area (Å²) in [4.78, 5) is 33.6. The zero-order valence-electron chi connectivity index (χ0n) is 31.3. The SMILES string of the molecule is CC1(C)N=c2cccc(N(c3ccc(-c4ccc5ccccc5c4)c4c3=NC(C)(C)N=4)c3ccc(-c4ccc5ccccc5c4)c4c3=NC(C)(C)N=4)c2=N1. The maximum absolute atomic E-state index is 5.33. The first kappa shape index (κ1) is 32.3. The smallest absolute Gasteiger partial charge is 0.146 e. The van der Waals surface area contributed by atoms with Crippen molar-refractivity contribution < 1.29 is 0 Å². The van der Waals surface area contributed by atoms with E-state index in [1.165, 1.54) is 21.5 Å². The molecule has 0 spiro atoms. The molecule has 0 saturated carbocycles. The highest BCUT2D eigenvalue weighted by Crippen LogP contribution is 2.33. The summed E-state index contributed by atoms with van der Waals surface area (Å²) in [7, 11) is 0. The fourth-order valence-corrected chi connectivity index (χ4v) is 8.16. The normalized spacial score (nSPS) is 16.6. The Morgan fingerprint density at radius 2 is 0.778 bits per heavy atom. The van der Waals surface area contributed by atoms with E-state index in [2.05, 4.69) is 154 Å². The van der Waals surface area contributed by atoms with Crippen LogP contribution in [-0.2, 0) is 0 Å². The third-order valence-electron chi connectivity index (χ3n) is 10.4. The first-order valence-electron chi connectivity index (χ1n) is 18.6. The Balaban J connectivity index is 1.26. The summed E-state index contributed by atoms with van der Waals surface area (Å²) < 4.78 is 0. The van der Waals surface area contributed by atoms with Gasteiger partial charge in [0.2, 0.25) is 0 Å². The number of hydrogen-bond acceptors (Lipinski definition) is 7. The van der Waals surface area contributed by atoms with Crippen LogP contribution in [0.5, 0.6) is 0 Å². The maximum Gasteiger partial charge on any atom is 0.146 e. The molecule has 3 heterocycles. The van der Waals surface area contributed by atoms with E-state index >= 15 is 0 Å². The fraction of sp³-hybridized carbons (Fsp3) is 0.191. The van der Waals surface area contributed by atoms with Crippen molar-refractivity contribution in [2.75, 3.05) is 4.90 Å². The van der Waals surface area contributed by atoms with Crippen LogP contribution in [0.4, 0.5) is 17.1 Å². The molecular formula is C47H39N7. The molecule has 0 unspecified atom stereocenters. The summed E-state index contributed by atoms with van der Waals surface area (Å²) in [6.45, 7) is 12.3. The van der Waals surface area contributed by atoms with E-state index in [1.54, 1.807) is 0 Å². The van der Waals surface area contributed by atoms with Crippen molar-refractivity contribution in [3.8, 4) is 22.3 Å². The minimum atomic E-state index is -0.653. The fourth-order valence-electron chi connectivity index (χ4n) is 8.16. The zero-order valence-corrected chi connectivity index (χ0v) is 31.3. The Labute approximate surface area is 312 Å². The lowest BCUT2D eigenvalue weighted by Gasteiger charge is -2.26. The van der Waals surface area contributed by atoms with Crippen molar-refractivity contribution in [2.45, 2.75) is 58.5 Å². The van der Waals surface area contributed by atoms with Crippen molar-refractivity contribution >= 4 is 38.6 Å². The monoisotopic (exact) mass is 701 g/mol. The van der Waals surface area contributed by atoms with Crippen molar-refractivity contribution in [1.82, 2.24) is 0 Å². The Morgan fingerprint density at radius 1 is 0.352 bits per heavy atom. The van der Waals surface area contributed by atoms with Gasteiger partial charge in [0.25, 0.3) is 0 Å². The molecule has 262 valence electrons. The highest BCUT2D eigenvalue weighted by atomic mass is 15.2. The van der Waals surface area contributed by atoms with Crippen molar-refractivity contribution in [2.24, 2.45) is 30.0 Å². The molecule has 0 aromatic heterocycles. The second-order valence-corrected chi connectivity index (χ2v) is 15.9. The highest BCUT2D eigenvalue weighted by Gasteiger charge is 2.31. The summed E-state index contributed by atoms with van der Waals surface area (Å²) in [5, 5.41) is 9.89. The molecule has 0 aliphatic carbocycles. The molecule has 7 aromatic carbocycles. The summed E-state index contributed by atoms with van der Waals surface area (Å²) in [6, 6.07) is 45.1. The van der Waals surface area contributed by atoms with E-state index in [0.717, 1.165) is 71.5 Å². The molecule has 0 radical (unpaired) electrons. The van der Waals surface area contributed by atoms with Crippen molar-refractivity contribution in [1.29, 1.82) is 0 Å². The number of anilines is 3. The van der Waals surface area contributed by atoms with Crippen LogP contribution in [0.3, 0.4) is 0 Å². The van der Waals surface area contributed by atoms with Gasteiger partial charge in [-0.3, -0.25) is 30.0 Å². The van der Waals surface area contributed by atoms with Crippen LogP contribution >= 0.6 is 0 Å². The molecule has 54 heavy (non-hydrogen) atoms. The molecule has 7 aromatic rings. The molecule has 0 atom stereocenters. The van der Waals surface area contributed by atoms with Gasteiger partial charge in [-0.25, -0.2) is 0 Å². The Morgan fingerprint density at radius 3 is 1.30 bits per heavy atom. The summed E-state index contributed by atoms with van der Waals surface area (Å²) >= 11 is 0. The van der Waals surface area contributed by atoms with E-state index in [9.17, 15) is 0 Å². The number of benzene rings is 7. The number of hydrogen-bond donors (Lipinski definition) is 0. The maximum atomic E-state index is 5.33. The van der Waals surface area contributed by atoms with Gasteiger partial charge in [-0.05, 0) is 123 Å². The molecule has 7 heteroatoms. The van der Waals surface area contributed by atoms with Crippen LogP contribution in [0.15, 0.2) is 157 Å². The number of para-hydroxylation sites is 1. The van der Waals surface area contributed by atoms with Gasteiger partial charge in [-0.1, -0.05) is 78.9 Å². The van der Waals surface area contributed by atoms with Gasteiger partial charge >= 0.3 is 0 Å². The van der Waals surface area contributed by atoms with Gasteiger partial charge in [0, 0.05) is 11.1 Å². The lowest BCUT2D eigenvalue weighted by atomic mass is 9.99. The lowest BCUT2D eigenvalue weighted by Crippen LogP contribution is -2.38. The largest absolute Gasteiger partial charge is 0.304 e. The van der Waals surface area contributed by atoms with E-state index in [1.807, 2.05) is 19.9 Å². The third kappa shape index (κ3) is 5.25. The van der Waals surface area contributed by atoms with Gasteiger partial charge < -0.3 is 4.90 Å². The van der Waals surface area contributed by atoms with Crippen LogP contribution in [0, 0.1) is 0 Å². The molecule has 0 amide bonds. The molecular weight excluding hydrogens is 663 g/mol. The van der Waals surface area contributed by atoms with Crippen molar-refractivity contribution in [3.05, 3.63) is 160 Å². The minimum Gasteiger partial charge on any atom is -0.304 e. The van der Waals surface area contributed by atoms with Gasteiger partial charge in [0.15, 0.2) is 0 Å². The average molecular weight is 702 g/mol.